The normalized spacial score (nSPS) is 13.3. The maximum atomic E-state index is 12.8. The molecule has 2 aromatic rings. The fourth-order valence-corrected chi connectivity index (χ4v) is 1.92. The van der Waals surface area contributed by atoms with Crippen LogP contribution in [-0.4, -0.2) is 37.6 Å². The van der Waals surface area contributed by atoms with Gasteiger partial charge in [0.15, 0.2) is 5.65 Å². The number of fused-ring (bicyclic) bond motifs is 1. The van der Waals surface area contributed by atoms with E-state index < -0.39 is 12.2 Å². The van der Waals surface area contributed by atoms with E-state index in [0.29, 0.717) is 12.2 Å². The zero-order chi connectivity index (χ0) is 14.7. The highest BCUT2D eigenvalue weighted by Crippen LogP contribution is 2.18. The molecule has 0 aliphatic rings. The van der Waals surface area contributed by atoms with Crippen LogP contribution in [0.15, 0.2) is 12.1 Å². The standard InChI is InChI=1S/C12H17F2N5O/c1-7(2)8(5-6-20)15-9-3-4-10-16-17-12(11(13)14)19(10)18-9/h3-4,7-8,11,20H,5-6H2,1-2H3,(H,15,18). The Morgan fingerprint density at radius 1 is 1.30 bits per heavy atom. The van der Waals surface area contributed by atoms with Crippen LogP contribution in [0.5, 0.6) is 0 Å². The molecule has 2 heterocycles. The molecule has 1 unspecified atom stereocenters. The fourth-order valence-electron chi connectivity index (χ4n) is 1.92. The Labute approximate surface area is 114 Å². The van der Waals surface area contributed by atoms with E-state index in [9.17, 15) is 8.78 Å². The van der Waals surface area contributed by atoms with Crippen LogP contribution < -0.4 is 5.32 Å². The number of halogens is 2. The molecule has 0 saturated heterocycles. The Bertz CT molecular complexity index is 572. The predicted octanol–water partition coefficient (Wildman–Crippen LogP) is 1.88. The van der Waals surface area contributed by atoms with Gasteiger partial charge in [0.05, 0.1) is 0 Å². The maximum absolute atomic E-state index is 12.8. The zero-order valence-corrected chi connectivity index (χ0v) is 11.3. The van der Waals surface area contributed by atoms with Crippen molar-refractivity contribution in [2.45, 2.75) is 32.7 Å². The quantitative estimate of drug-likeness (QED) is 0.847. The lowest BCUT2D eigenvalue weighted by molar-refractivity contribution is 0.137. The van der Waals surface area contributed by atoms with Gasteiger partial charge in [-0.05, 0) is 24.5 Å². The van der Waals surface area contributed by atoms with E-state index in [1.165, 1.54) is 0 Å². The van der Waals surface area contributed by atoms with E-state index in [0.717, 1.165) is 4.52 Å². The minimum absolute atomic E-state index is 0.0106. The average Bonchev–Trinajstić information content (AvgIpc) is 2.81. The Kier molecular flexibility index (Phi) is 4.43. The van der Waals surface area contributed by atoms with Crippen LogP contribution in [-0.2, 0) is 0 Å². The minimum Gasteiger partial charge on any atom is -0.396 e. The Balaban J connectivity index is 2.28. The second-order valence-corrected chi connectivity index (χ2v) is 4.85. The van der Waals surface area contributed by atoms with E-state index in [2.05, 4.69) is 20.6 Å². The van der Waals surface area contributed by atoms with Crippen molar-refractivity contribution < 1.29 is 13.9 Å². The van der Waals surface area contributed by atoms with Crippen molar-refractivity contribution >= 4 is 11.5 Å². The lowest BCUT2D eigenvalue weighted by atomic mass is 10.0. The van der Waals surface area contributed by atoms with Crippen molar-refractivity contribution in [3.8, 4) is 0 Å². The number of aromatic nitrogens is 4. The Morgan fingerprint density at radius 3 is 2.65 bits per heavy atom. The van der Waals surface area contributed by atoms with Gasteiger partial charge in [0.25, 0.3) is 6.43 Å². The van der Waals surface area contributed by atoms with Gasteiger partial charge in [-0.1, -0.05) is 13.8 Å². The molecule has 0 aliphatic heterocycles. The van der Waals surface area contributed by atoms with Gasteiger partial charge in [-0.3, -0.25) is 0 Å². The third kappa shape index (κ3) is 3.01. The van der Waals surface area contributed by atoms with Crippen molar-refractivity contribution in [1.82, 2.24) is 19.8 Å². The zero-order valence-electron chi connectivity index (χ0n) is 11.3. The number of aliphatic hydroxyl groups is 1. The van der Waals surface area contributed by atoms with E-state index >= 15 is 0 Å². The van der Waals surface area contributed by atoms with Gasteiger partial charge in [0, 0.05) is 12.6 Å². The summed E-state index contributed by atoms with van der Waals surface area (Å²) < 4.78 is 26.5. The number of aliphatic hydroxyl groups excluding tert-OH is 1. The molecule has 0 amide bonds. The van der Waals surface area contributed by atoms with Crippen LogP contribution in [0, 0.1) is 5.92 Å². The van der Waals surface area contributed by atoms with Crippen LogP contribution in [0.25, 0.3) is 5.65 Å². The molecule has 6 nitrogen and oxygen atoms in total. The molecule has 2 aromatic heterocycles. The van der Waals surface area contributed by atoms with Crippen LogP contribution in [0.2, 0.25) is 0 Å². The number of hydrogen-bond donors (Lipinski definition) is 2. The van der Waals surface area contributed by atoms with E-state index in [-0.39, 0.29) is 24.2 Å². The number of anilines is 1. The molecule has 2 rings (SSSR count). The summed E-state index contributed by atoms with van der Waals surface area (Å²) >= 11 is 0. The van der Waals surface area contributed by atoms with Gasteiger partial charge >= 0.3 is 0 Å². The van der Waals surface area contributed by atoms with Crippen molar-refractivity contribution in [2.75, 3.05) is 11.9 Å². The molecule has 0 saturated carbocycles. The smallest absolute Gasteiger partial charge is 0.299 e. The summed E-state index contributed by atoms with van der Waals surface area (Å²) in [5.41, 5.74) is 0.272. The highest BCUT2D eigenvalue weighted by Gasteiger charge is 2.18. The van der Waals surface area contributed by atoms with E-state index in [4.69, 9.17) is 5.11 Å². The summed E-state index contributed by atoms with van der Waals surface area (Å²) in [4.78, 5) is 0. The summed E-state index contributed by atoms with van der Waals surface area (Å²) in [5, 5.41) is 23.3. The molecule has 20 heavy (non-hydrogen) atoms. The first-order valence-electron chi connectivity index (χ1n) is 6.41. The average molecular weight is 285 g/mol. The summed E-state index contributed by atoms with van der Waals surface area (Å²) in [7, 11) is 0. The minimum atomic E-state index is -2.73. The number of nitrogens with zero attached hydrogens (tertiary/aromatic N) is 4. The SMILES string of the molecule is CC(C)C(CCO)Nc1ccc2nnc(C(F)F)n2n1. The Hall–Kier alpha value is -1.83. The van der Waals surface area contributed by atoms with Gasteiger partial charge < -0.3 is 10.4 Å². The number of alkyl halides is 2. The molecular formula is C12H17F2N5O. The molecule has 8 heteroatoms. The van der Waals surface area contributed by atoms with Gasteiger partial charge in [-0.2, -0.15) is 4.52 Å². The molecule has 0 bridgehead atoms. The van der Waals surface area contributed by atoms with Crippen molar-refractivity contribution in [2.24, 2.45) is 5.92 Å². The third-order valence-electron chi connectivity index (χ3n) is 3.06. The maximum Gasteiger partial charge on any atom is 0.299 e. The molecule has 0 spiro atoms. The molecule has 0 aromatic carbocycles. The second-order valence-electron chi connectivity index (χ2n) is 4.85. The van der Waals surface area contributed by atoms with Gasteiger partial charge in [-0.15, -0.1) is 15.3 Å². The van der Waals surface area contributed by atoms with Crippen molar-refractivity contribution in [3.63, 3.8) is 0 Å². The summed E-state index contributed by atoms with van der Waals surface area (Å²) in [6, 6.07) is 3.24. The monoisotopic (exact) mass is 285 g/mol. The summed E-state index contributed by atoms with van der Waals surface area (Å²) in [6.45, 7) is 4.07. The first-order valence-corrected chi connectivity index (χ1v) is 6.41. The van der Waals surface area contributed by atoms with Crippen LogP contribution >= 0.6 is 0 Å². The largest absolute Gasteiger partial charge is 0.396 e. The van der Waals surface area contributed by atoms with Crippen molar-refractivity contribution in [1.29, 1.82) is 0 Å². The lowest BCUT2D eigenvalue weighted by Crippen LogP contribution is -2.27. The lowest BCUT2D eigenvalue weighted by Gasteiger charge is -2.21. The highest BCUT2D eigenvalue weighted by molar-refractivity contribution is 5.44. The van der Waals surface area contributed by atoms with Gasteiger partial charge in [-0.25, -0.2) is 8.78 Å². The van der Waals surface area contributed by atoms with E-state index in [1.54, 1.807) is 12.1 Å². The van der Waals surface area contributed by atoms with Gasteiger partial charge in [0.2, 0.25) is 5.82 Å². The van der Waals surface area contributed by atoms with Crippen LogP contribution in [0.3, 0.4) is 0 Å². The highest BCUT2D eigenvalue weighted by atomic mass is 19.3. The second kappa shape index (κ2) is 6.08. The summed E-state index contributed by atoms with van der Waals surface area (Å²) in [5.74, 6) is 0.244. The number of rotatable bonds is 6. The predicted molar refractivity (Wildman–Crippen MR) is 69.7 cm³/mol. The first kappa shape index (κ1) is 14.6. The first-order chi connectivity index (χ1) is 9.52. The summed E-state index contributed by atoms with van der Waals surface area (Å²) in [6.07, 6.45) is -2.17. The van der Waals surface area contributed by atoms with Crippen LogP contribution in [0.1, 0.15) is 32.5 Å². The molecular weight excluding hydrogens is 268 g/mol. The third-order valence-corrected chi connectivity index (χ3v) is 3.06. The molecule has 110 valence electrons. The number of nitrogens with one attached hydrogen (secondary N) is 1. The Morgan fingerprint density at radius 2 is 2.05 bits per heavy atom. The molecule has 1 atom stereocenters. The molecule has 0 radical (unpaired) electrons. The van der Waals surface area contributed by atoms with Crippen LogP contribution in [0.4, 0.5) is 14.6 Å². The molecule has 0 fully saturated rings. The molecule has 0 aliphatic carbocycles. The van der Waals surface area contributed by atoms with Gasteiger partial charge in [0.1, 0.15) is 5.82 Å². The number of hydrogen-bond acceptors (Lipinski definition) is 5. The van der Waals surface area contributed by atoms with E-state index in [1.807, 2.05) is 13.8 Å². The fraction of sp³-hybridized carbons (Fsp3) is 0.583. The molecule has 2 N–H and O–H groups in total. The van der Waals surface area contributed by atoms with Crippen molar-refractivity contribution in [3.05, 3.63) is 18.0 Å². The topological polar surface area (TPSA) is 75.3 Å².